The SMILES string of the molecule is CC(CCc1ccc(O)cc1)NC1CCc2ccccc21. The second kappa shape index (κ2) is 6.31. The van der Waals surface area contributed by atoms with E-state index in [4.69, 9.17) is 0 Å². The van der Waals surface area contributed by atoms with Crippen molar-refractivity contribution in [3.8, 4) is 5.75 Å². The molecule has 2 aromatic rings. The van der Waals surface area contributed by atoms with Gasteiger partial charge >= 0.3 is 0 Å². The summed E-state index contributed by atoms with van der Waals surface area (Å²) in [6.07, 6.45) is 4.56. The summed E-state index contributed by atoms with van der Waals surface area (Å²) >= 11 is 0. The van der Waals surface area contributed by atoms with E-state index in [2.05, 4.69) is 36.5 Å². The molecule has 0 radical (unpaired) electrons. The first-order chi connectivity index (χ1) is 10.2. The van der Waals surface area contributed by atoms with E-state index >= 15 is 0 Å². The Bertz CT molecular complexity index is 591. The molecule has 0 aliphatic heterocycles. The molecule has 0 saturated heterocycles. The van der Waals surface area contributed by atoms with Crippen LogP contribution in [0.2, 0.25) is 0 Å². The smallest absolute Gasteiger partial charge is 0.115 e. The van der Waals surface area contributed by atoms with E-state index in [1.807, 2.05) is 12.1 Å². The number of aromatic hydroxyl groups is 1. The maximum atomic E-state index is 9.30. The summed E-state index contributed by atoms with van der Waals surface area (Å²) in [6.45, 7) is 2.27. The Morgan fingerprint density at radius 1 is 1.14 bits per heavy atom. The molecule has 0 aromatic heterocycles. The molecule has 1 aliphatic carbocycles. The highest BCUT2D eigenvalue weighted by Crippen LogP contribution is 2.31. The molecule has 0 amide bonds. The van der Waals surface area contributed by atoms with E-state index in [0.29, 0.717) is 17.8 Å². The number of benzene rings is 2. The highest BCUT2D eigenvalue weighted by Gasteiger charge is 2.22. The summed E-state index contributed by atoms with van der Waals surface area (Å²) in [4.78, 5) is 0. The van der Waals surface area contributed by atoms with Gasteiger partial charge in [0.05, 0.1) is 0 Å². The number of hydrogen-bond donors (Lipinski definition) is 2. The minimum absolute atomic E-state index is 0.340. The molecule has 2 nitrogen and oxygen atoms in total. The fraction of sp³-hybridized carbons (Fsp3) is 0.368. The van der Waals surface area contributed by atoms with Crippen LogP contribution < -0.4 is 5.32 Å². The van der Waals surface area contributed by atoms with E-state index in [1.54, 1.807) is 12.1 Å². The number of fused-ring (bicyclic) bond motifs is 1. The van der Waals surface area contributed by atoms with Crippen molar-refractivity contribution >= 4 is 0 Å². The van der Waals surface area contributed by atoms with Gasteiger partial charge in [-0.2, -0.15) is 0 Å². The van der Waals surface area contributed by atoms with Crippen molar-refractivity contribution in [3.63, 3.8) is 0 Å². The number of hydrogen-bond acceptors (Lipinski definition) is 2. The van der Waals surface area contributed by atoms with Crippen LogP contribution in [-0.2, 0) is 12.8 Å². The molecule has 0 heterocycles. The fourth-order valence-corrected chi connectivity index (χ4v) is 3.20. The van der Waals surface area contributed by atoms with Crippen LogP contribution in [0.4, 0.5) is 0 Å². The normalized spacial score (nSPS) is 18.4. The molecule has 1 aliphatic rings. The second-order valence-electron chi connectivity index (χ2n) is 6.06. The third-order valence-corrected chi connectivity index (χ3v) is 4.42. The Morgan fingerprint density at radius 2 is 1.90 bits per heavy atom. The first-order valence-electron chi connectivity index (χ1n) is 7.84. The van der Waals surface area contributed by atoms with Gasteiger partial charge in [-0.25, -0.2) is 0 Å². The largest absolute Gasteiger partial charge is 0.508 e. The van der Waals surface area contributed by atoms with Gasteiger partial charge in [-0.15, -0.1) is 0 Å². The second-order valence-corrected chi connectivity index (χ2v) is 6.06. The zero-order valence-electron chi connectivity index (χ0n) is 12.5. The summed E-state index contributed by atoms with van der Waals surface area (Å²) in [6, 6.07) is 17.3. The van der Waals surface area contributed by atoms with Crippen molar-refractivity contribution in [2.45, 2.75) is 44.7 Å². The minimum Gasteiger partial charge on any atom is -0.508 e. The van der Waals surface area contributed by atoms with Crippen LogP contribution in [0.1, 0.15) is 42.5 Å². The minimum atomic E-state index is 0.340. The maximum Gasteiger partial charge on any atom is 0.115 e. The molecule has 3 rings (SSSR count). The molecule has 0 bridgehead atoms. The highest BCUT2D eigenvalue weighted by molar-refractivity contribution is 5.34. The number of nitrogens with one attached hydrogen (secondary N) is 1. The van der Waals surface area contributed by atoms with Crippen LogP contribution in [0, 0.1) is 0 Å². The number of phenolic OH excluding ortho intramolecular Hbond substituents is 1. The van der Waals surface area contributed by atoms with E-state index in [-0.39, 0.29) is 0 Å². The van der Waals surface area contributed by atoms with E-state index in [0.717, 1.165) is 12.8 Å². The van der Waals surface area contributed by atoms with Gasteiger partial charge in [0.25, 0.3) is 0 Å². The van der Waals surface area contributed by atoms with Crippen molar-refractivity contribution in [2.24, 2.45) is 0 Å². The summed E-state index contributed by atoms with van der Waals surface area (Å²) in [5, 5.41) is 13.1. The molecule has 0 spiro atoms. The lowest BCUT2D eigenvalue weighted by Crippen LogP contribution is -2.29. The van der Waals surface area contributed by atoms with Crippen LogP contribution in [0.3, 0.4) is 0 Å². The van der Waals surface area contributed by atoms with Gasteiger partial charge in [-0.05, 0) is 61.4 Å². The molecule has 2 heteroatoms. The van der Waals surface area contributed by atoms with E-state index in [9.17, 15) is 5.11 Å². The Morgan fingerprint density at radius 3 is 2.71 bits per heavy atom. The molecule has 110 valence electrons. The lowest BCUT2D eigenvalue weighted by molar-refractivity contribution is 0.434. The Balaban J connectivity index is 1.53. The molecule has 2 atom stereocenters. The number of phenols is 1. The standard InChI is InChI=1S/C19H23NO/c1-14(6-7-15-8-11-17(21)12-9-15)20-19-13-10-16-4-2-3-5-18(16)19/h2-5,8-9,11-12,14,19-21H,6-7,10,13H2,1H3. The van der Waals surface area contributed by atoms with Crippen LogP contribution in [-0.4, -0.2) is 11.1 Å². The first kappa shape index (κ1) is 14.2. The molecule has 2 N–H and O–H groups in total. The van der Waals surface area contributed by atoms with Crippen LogP contribution in [0.15, 0.2) is 48.5 Å². The van der Waals surface area contributed by atoms with Gasteiger partial charge in [0.15, 0.2) is 0 Å². The van der Waals surface area contributed by atoms with Gasteiger partial charge in [0.1, 0.15) is 5.75 Å². The molecular formula is C19H23NO. The van der Waals surface area contributed by atoms with Gasteiger partial charge in [0, 0.05) is 12.1 Å². The first-order valence-corrected chi connectivity index (χ1v) is 7.84. The molecule has 21 heavy (non-hydrogen) atoms. The molecule has 2 unspecified atom stereocenters. The van der Waals surface area contributed by atoms with Crippen molar-refractivity contribution in [1.82, 2.24) is 5.32 Å². The van der Waals surface area contributed by atoms with Crippen LogP contribution in [0.25, 0.3) is 0 Å². The number of rotatable bonds is 5. The summed E-state index contributed by atoms with van der Waals surface area (Å²) in [7, 11) is 0. The van der Waals surface area contributed by atoms with Gasteiger partial charge < -0.3 is 10.4 Å². The summed E-state index contributed by atoms with van der Waals surface area (Å²) < 4.78 is 0. The van der Waals surface area contributed by atoms with Crippen molar-refractivity contribution < 1.29 is 5.11 Å². The van der Waals surface area contributed by atoms with Gasteiger partial charge in [-0.1, -0.05) is 36.4 Å². The molecule has 0 fully saturated rings. The van der Waals surface area contributed by atoms with E-state index < -0.39 is 0 Å². The van der Waals surface area contributed by atoms with E-state index in [1.165, 1.54) is 29.5 Å². The highest BCUT2D eigenvalue weighted by atomic mass is 16.3. The average molecular weight is 281 g/mol. The quantitative estimate of drug-likeness (QED) is 0.868. The molecular weight excluding hydrogens is 258 g/mol. The summed E-state index contributed by atoms with van der Waals surface area (Å²) in [5.74, 6) is 0.340. The average Bonchev–Trinajstić information content (AvgIpc) is 2.90. The lowest BCUT2D eigenvalue weighted by Gasteiger charge is -2.20. The monoisotopic (exact) mass is 281 g/mol. The number of aryl methyl sites for hydroxylation is 2. The Labute approximate surface area is 126 Å². The van der Waals surface area contributed by atoms with Crippen molar-refractivity contribution in [3.05, 3.63) is 65.2 Å². The Hall–Kier alpha value is -1.80. The zero-order chi connectivity index (χ0) is 14.7. The predicted octanol–water partition coefficient (Wildman–Crippen LogP) is 3.99. The Kier molecular flexibility index (Phi) is 4.26. The third-order valence-electron chi connectivity index (χ3n) is 4.42. The van der Waals surface area contributed by atoms with Crippen molar-refractivity contribution in [2.75, 3.05) is 0 Å². The predicted molar refractivity (Wildman–Crippen MR) is 86.5 cm³/mol. The maximum absolute atomic E-state index is 9.30. The van der Waals surface area contributed by atoms with Gasteiger partial charge in [-0.3, -0.25) is 0 Å². The van der Waals surface area contributed by atoms with Crippen LogP contribution >= 0.6 is 0 Å². The summed E-state index contributed by atoms with van der Waals surface area (Å²) in [5.41, 5.74) is 4.27. The van der Waals surface area contributed by atoms with Gasteiger partial charge in [0.2, 0.25) is 0 Å². The van der Waals surface area contributed by atoms with Crippen LogP contribution in [0.5, 0.6) is 5.75 Å². The fourth-order valence-electron chi connectivity index (χ4n) is 3.20. The third kappa shape index (κ3) is 3.45. The lowest BCUT2D eigenvalue weighted by atomic mass is 10.0. The van der Waals surface area contributed by atoms with Crippen molar-refractivity contribution in [1.29, 1.82) is 0 Å². The topological polar surface area (TPSA) is 32.3 Å². The molecule has 0 saturated carbocycles. The molecule has 2 aromatic carbocycles. The zero-order valence-corrected chi connectivity index (χ0v) is 12.5.